The van der Waals surface area contributed by atoms with E-state index in [0.29, 0.717) is 5.92 Å². The molecule has 1 aromatic rings. The van der Waals surface area contributed by atoms with Gasteiger partial charge in [-0.05, 0) is 12.0 Å². The van der Waals surface area contributed by atoms with Crippen molar-refractivity contribution < 1.29 is 0 Å². The molecule has 2 heterocycles. The molecule has 0 unspecified atom stereocenters. The topological polar surface area (TPSA) is 44.0 Å². The number of aromatic nitrogens is 2. The summed E-state index contributed by atoms with van der Waals surface area (Å²) in [6.45, 7) is 9.82. The van der Waals surface area contributed by atoms with Crippen LogP contribution in [0.1, 0.15) is 31.2 Å². The Balaban J connectivity index is 1.91. The first-order chi connectivity index (χ1) is 7.25. The quantitative estimate of drug-likeness (QED) is 0.777. The lowest BCUT2D eigenvalue weighted by Crippen LogP contribution is -2.42. The zero-order valence-corrected chi connectivity index (χ0v) is 9.58. The van der Waals surface area contributed by atoms with Gasteiger partial charge < -0.3 is 5.32 Å². The molecule has 84 valence electrons. The van der Waals surface area contributed by atoms with Crippen molar-refractivity contribution in [2.75, 3.05) is 26.2 Å². The summed E-state index contributed by atoms with van der Waals surface area (Å²) in [5.74, 6) is 0.512. The van der Waals surface area contributed by atoms with Crippen LogP contribution in [-0.4, -0.2) is 41.3 Å². The van der Waals surface area contributed by atoms with Crippen molar-refractivity contribution in [2.45, 2.75) is 26.3 Å². The molecule has 15 heavy (non-hydrogen) atoms. The molecule has 4 heteroatoms. The SMILES string of the molecule is CC(C)c1cc(CN2CCNCC2)[nH]n1. The highest BCUT2D eigenvalue weighted by Crippen LogP contribution is 2.13. The van der Waals surface area contributed by atoms with Crippen LogP contribution in [0, 0.1) is 0 Å². The highest BCUT2D eigenvalue weighted by molar-refractivity contribution is 5.11. The fourth-order valence-corrected chi connectivity index (χ4v) is 1.87. The summed E-state index contributed by atoms with van der Waals surface area (Å²) < 4.78 is 0. The third-order valence-corrected chi connectivity index (χ3v) is 2.85. The van der Waals surface area contributed by atoms with Crippen LogP contribution < -0.4 is 5.32 Å². The average Bonchev–Trinajstić information content (AvgIpc) is 2.68. The van der Waals surface area contributed by atoms with Crippen LogP contribution in [0.5, 0.6) is 0 Å². The molecular formula is C11H20N4. The van der Waals surface area contributed by atoms with Crippen LogP contribution in [0.2, 0.25) is 0 Å². The molecule has 1 fully saturated rings. The normalized spacial score (nSPS) is 18.6. The highest BCUT2D eigenvalue weighted by atomic mass is 15.2. The molecule has 0 atom stereocenters. The molecule has 1 aromatic heterocycles. The maximum Gasteiger partial charge on any atom is 0.0650 e. The van der Waals surface area contributed by atoms with Gasteiger partial charge in [-0.15, -0.1) is 0 Å². The minimum atomic E-state index is 0.512. The van der Waals surface area contributed by atoms with Crippen LogP contribution >= 0.6 is 0 Å². The van der Waals surface area contributed by atoms with Gasteiger partial charge in [0.1, 0.15) is 0 Å². The van der Waals surface area contributed by atoms with Crippen molar-refractivity contribution in [3.05, 3.63) is 17.5 Å². The van der Waals surface area contributed by atoms with Crippen LogP contribution in [0.25, 0.3) is 0 Å². The summed E-state index contributed by atoms with van der Waals surface area (Å²) in [4.78, 5) is 2.45. The number of rotatable bonds is 3. The van der Waals surface area contributed by atoms with Gasteiger partial charge in [-0.2, -0.15) is 5.10 Å². The predicted molar refractivity (Wildman–Crippen MR) is 60.8 cm³/mol. The van der Waals surface area contributed by atoms with Gasteiger partial charge in [-0.1, -0.05) is 13.8 Å². The van der Waals surface area contributed by atoms with Crippen molar-refractivity contribution in [3.63, 3.8) is 0 Å². The first kappa shape index (κ1) is 10.6. The molecule has 4 nitrogen and oxygen atoms in total. The summed E-state index contributed by atoms with van der Waals surface area (Å²) in [6.07, 6.45) is 0. The molecule has 1 aliphatic heterocycles. The lowest BCUT2D eigenvalue weighted by molar-refractivity contribution is 0.230. The summed E-state index contributed by atoms with van der Waals surface area (Å²) in [5, 5.41) is 10.8. The number of H-pyrrole nitrogens is 1. The van der Waals surface area contributed by atoms with Crippen LogP contribution in [0.3, 0.4) is 0 Å². The molecule has 0 bridgehead atoms. The van der Waals surface area contributed by atoms with E-state index < -0.39 is 0 Å². The van der Waals surface area contributed by atoms with Crippen molar-refractivity contribution in [1.82, 2.24) is 20.4 Å². The second-order valence-electron chi connectivity index (χ2n) is 4.50. The third-order valence-electron chi connectivity index (χ3n) is 2.85. The Hall–Kier alpha value is -0.870. The van der Waals surface area contributed by atoms with E-state index >= 15 is 0 Å². The average molecular weight is 208 g/mol. The first-order valence-corrected chi connectivity index (χ1v) is 5.73. The first-order valence-electron chi connectivity index (χ1n) is 5.73. The molecular weight excluding hydrogens is 188 g/mol. The molecule has 0 aromatic carbocycles. The lowest BCUT2D eigenvalue weighted by atomic mass is 10.1. The molecule has 1 saturated heterocycles. The fourth-order valence-electron chi connectivity index (χ4n) is 1.87. The smallest absolute Gasteiger partial charge is 0.0650 e. The molecule has 2 rings (SSSR count). The number of nitrogens with zero attached hydrogens (tertiary/aromatic N) is 2. The monoisotopic (exact) mass is 208 g/mol. The van der Waals surface area contributed by atoms with E-state index in [2.05, 4.69) is 40.3 Å². The Morgan fingerprint density at radius 2 is 2.13 bits per heavy atom. The largest absolute Gasteiger partial charge is 0.314 e. The van der Waals surface area contributed by atoms with Crippen molar-refractivity contribution in [2.24, 2.45) is 0 Å². The maximum atomic E-state index is 4.31. The summed E-state index contributed by atoms with van der Waals surface area (Å²) in [5.41, 5.74) is 2.40. The molecule has 0 amide bonds. The predicted octanol–water partition coefficient (Wildman–Crippen LogP) is 0.938. The summed E-state index contributed by atoms with van der Waals surface area (Å²) in [6, 6.07) is 2.19. The van der Waals surface area contributed by atoms with Gasteiger partial charge in [0.15, 0.2) is 0 Å². The minimum absolute atomic E-state index is 0.512. The molecule has 2 N–H and O–H groups in total. The zero-order chi connectivity index (χ0) is 10.7. The van der Waals surface area contributed by atoms with Gasteiger partial charge in [-0.3, -0.25) is 10.00 Å². The minimum Gasteiger partial charge on any atom is -0.314 e. The standard InChI is InChI=1S/C11H20N4/c1-9(2)11-7-10(13-14-11)8-15-5-3-12-4-6-15/h7,9,12H,3-6,8H2,1-2H3,(H,13,14). The molecule has 0 aliphatic carbocycles. The lowest BCUT2D eigenvalue weighted by Gasteiger charge is -2.26. The second-order valence-corrected chi connectivity index (χ2v) is 4.50. The van der Waals surface area contributed by atoms with Gasteiger partial charge in [0.25, 0.3) is 0 Å². The molecule has 1 aliphatic rings. The van der Waals surface area contributed by atoms with Gasteiger partial charge in [0, 0.05) is 38.4 Å². The second kappa shape index (κ2) is 4.77. The molecule has 0 saturated carbocycles. The van der Waals surface area contributed by atoms with E-state index in [9.17, 15) is 0 Å². The summed E-state index contributed by atoms with van der Waals surface area (Å²) >= 11 is 0. The van der Waals surface area contributed by atoms with Crippen molar-refractivity contribution >= 4 is 0 Å². The Kier molecular flexibility index (Phi) is 3.38. The van der Waals surface area contributed by atoms with Crippen LogP contribution in [-0.2, 0) is 6.54 Å². The van der Waals surface area contributed by atoms with Crippen molar-refractivity contribution in [3.8, 4) is 0 Å². The van der Waals surface area contributed by atoms with E-state index in [1.54, 1.807) is 0 Å². The molecule has 0 radical (unpaired) electrons. The number of hydrogen-bond acceptors (Lipinski definition) is 3. The van der Waals surface area contributed by atoms with E-state index in [4.69, 9.17) is 0 Å². The Morgan fingerprint density at radius 3 is 2.73 bits per heavy atom. The molecule has 0 spiro atoms. The van der Waals surface area contributed by atoms with Gasteiger partial charge >= 0.3 is 0 Å². The number of nitrogens with one attached hydrogen (secondary N) is 2. The van der Waals surface area contributed by atoms with Gasteiger partial charge in [0.05, 0.1) is 5.69 Å². The van der Waals surface area contributed by atoms with E-state index in [1.807, 2.05) is 0 Å². The van der Waals surface area contributed by atoms with Crippen LogP contribution in [0.15, 0.2) is 6.07 Å². The Morgan fingerprint density at radius 1 is 1.40 bits per heavy atom. The van der Waals surface area contributed by atoms with E-state index in [-0.39, 0.29) is 0 Å². The number of piperazine rings is 1. The van der Waals surface area contributed by atoms with Crippen LogP contribution in [0.4, 0.5) is 0 Å². The maximum absolute atomic E-state index is 4.31. The Bertz CT molecular complexity index is 299. The third kappa shape index (κ3) is 2.79. The van der Waals surface area contributed by atoms with E-state index in [0.717, 1.165) is 32.7 Å². The fraction of sp³-hybridized carbons (Fsp3) is 0.727. The Labute approximate surface area is 91.1 Å². The number of hydrogen-bond donors (Lipinski definition) is 2. The summed E-state index contributed by atoms with van der Waals surface area (Å²) in [7, 11) is 0. The number of aromatic amines is 1. The van der Waals surface area contributed by atoms with Gasteiger partial charge in [-0.25, -0.2) is 0 Å². The van der Waals surface area contributed by atoms with Crippen molar-refractivity contribution in [1.29, 1.82) is 0 Å². The van der Waals surface area contributed by atoms with Gasteiger partial charge in [0.2, 0.25) is 0 Å². The zero-order valence-electron chi connectivity index (χ0n) is 9.58. The van der Waals surface area contributed by atoms with E-state index in [1.165, 1.54) is 11.4 Å². The highest BCUT2D eigenvalue weighted by Gasteiger charge is 2.12.